The first-order chi connectivity index (χ1) is 14.8. The van der Waals surface area contributed by atoms with E-state index in [1.54, 1.807) is 30.3 Å². The number of methoxy groups -OCH3 is 2. The Balaban J connectivity index is 1.48. The third-order valence-corrected chi connectivity index (χ3v) is 8.34. The van der Waals surface area contributed by atoms with Crippen LogP contribution in [0.25, 0.3) is 0 Å². The van der Waals surface area contributed by atoms with E-state index in [1.165, 1.54) is 57.0 Å². The number of carbonyl (C=O) groups excluding carboxylic acids is 1. The number of nitrogens with one attached hydrogen (secondary N) is 1. The predicted octanol–water partition coefficient (Wildman–Crippen LogP) is 3.45. The van der Waals surface area contributed by atoms with Gasteiger partial charge in [-0.3, -0.25) is 9.10 Å². The summed E-state index contributed by atoms with van der Waals surface area (Å²) in [5, 5.41) is 3.16. The zero-order valence-electron chi connectivity index (χ0n) is 18.0. The van der Waals surface area contributed by atoms with E-state index < -0.39 is 10.0 Å². The van der Waals surface area contributed by atoms with E-state index in [9.17, 15) is 13.2 Å². The summed E-state index contributed by atoms with van der Waals surface area (Å²) in [7, 11) is 0.623. The maximum atomic E-state index is 13.1. The number of sulfonamides is 1. The van der Waals surface area contributed by atoms with Gasteiger partial charge in [-0.15, -0.1) is 0 Å². The topological polar surface area (TPSA) is 84.9 Å². The molecule has 1 N–H and O–H groups in total. The van der Waals surface area contributed by atoms with Crippen LogP contribution in [0.15, 0.2) is 47.4 Å². The van der Waals surface area contributed by atoms with Gasteiger partial charge in [-0.25, -0.2) is 8.42 Å². The zero-order chi connectivity index (χ0) is 22.2. The molecule has 2 aliphatic carbocycles. The zero-order valence-corrected chi connectivity index (χ0v) is 18.8. The molecule has 2 fully saturated rings. The monoisotopic (exact) mass is 444 g/mol. The molecule has 0 saturated heterocycles. The van der Waals surface area contributed by atoms with Crippen molar-refractivity contribution in [1.29, 1.82) is 0 Å². The Morgan fingerprint density at radius 1 is 1.00 bits per heavy atom. The van der Waals surface area contributed by atoms with E-state index >= 15 is 0 Å². The van der Waals surface area contributed by atoms with Crippen molar-refractivity contribution in [2.45, 2.75) is 36.6 Å². The number of hydrogen-bond donors (Lipinski definition) is 1. The van der Waals surface area contributed by atoms with Crippen LogP contribution in [0.3, 0.4) is 0 Å². The van der Waals surface area contributed by atoms with E-state index in [2.05, 4.69) is 5.32 Å². The number of hydrogen-bond acceptors (Lipinski definition) is 5. The second-order valence-corrected chi connectivity index (χ2v) is 10.3. The first-order valence-electron chi connectivity index (χ1n) is 10.5. The van der Waals surface area contributed by atoms with E-state index in [1.807, 2.05) is 0 Å². The minimum atomic E-state index is -3.81. The van der Waals surface area contributed by atoms with Gasteiger partial charge in [0, 0.05) is 24.7 Å². The Hall–Kier alpha value is -2.74. The van der Waals surface area contributed by atoms with Gasteiger partial charge in [-0.2, -0.15) is 0 Å². The Kier molecular flexibility index (Phi) is 5.83. The van der Waals surface area contributed by atoms with Crippen molar-refractivity contribution in [3.63, 3.8) is 0 Å². The van der Waals surface area contributed by atoms with Crippen LogP contribution < -0.4 is 19.1 Å². The number of carbonyl (C=O) groups is 1. The van der Waals surface area contributed by atoms with Crippen molar-refractivity contribution in [2.24, 2.45) is 11.8 Å². The summed E-state index contributed by atoms with van der Waals surface area (Å²) in [5.74, 6) is 2.05. The molecule has 1 amide bonds. The van der Waals surface area contributed by atoms with E-state index in [0.717, 1.165) is 12.3 Å². The lowest BCUT2D eigenvalue weighted by Crippen LogP contribution is -2.38. The van der Waals surface area contributed by atoms with Gasteiger partial charge in [0.15, 0.2) is 11.5 Å². The fourth-order valence-electron chi connectivity index (χ4n) is 4.77. The van der Waals surface area contributed by atoms with Crippen LogP contribution >= 0.6 is 0 Å². The van der Waals surface area contributed by atoms with Crippen molar-refractivity contribution in [3.05, 3.63) is 48.0 Å². The highest BCUT2D eigenvalue weighted by atomic mass is 32.2. The number of ether oxygens (including phenoxy) is 2. The highest BCUT2D eigenvalue weighted by molar-refractivity contribution is 7.92. The molecule has 7 nitrogen and oxygen atoms in total. The molecular weight excluding hydrogens is 416 g/mol. The fraction of sp³-hybridized carbons (Fsp3) is 0.435. The Bertz CT molecular complexity index is 1070. The molecule has 2 aliphatic rings. The van der Waals surface area contributed by atoms with E-state index in [0.29, 0.717) is 28.7 Å². The second kappa shape index (κ2) is 8.42. The molecular formula is C23H28N2O5S. The van der Waals surface area contributed by atoms with Crippen molar-refractivity contribution < 1.29 is 22.7 Å². The largest absolute Gasteiger partial charge is 0.493 e. The predicted molar refractivity (Wildman–Crippen MR) is 118 cm³/mol. The molecule has 2 saturated carbocycles. The molecule has 4 rings (SSSR count). The first-order valence-corrected chi connectivity index (χ1v) is 11.9. The molecule has 2 aromatic carbocycles. The summed E-state index contributed by atoms with van der Waals surface area (Å²) in [6, 6.07) is 11.4. The maximum Gasteiger partial charge on any atom is 0.264 e. The van der Waals surface area contributed by atoms with Gasteiger partial charge in [0.1, 0.15) is 0 Å². The minimum Gasteiger partial charge on any atom is -0.493 e. The molecule has 0 aliphatic heterocycles. The lowest BCUT2D eigenvalue weighted by Gasteiger charge is -2.23. The number of nitrogens with zero attached hydrogens (tertiary/aromatic N) is 1. The molecule has 31 heavy (non-hydrogen) atoms. The van der Waals surface area contributed by atoms with Gasteiger partial charge in [-0.1, -0.05) is 6.42 Å². The molecule has 0 spiro atoms. The van der Waals surface area contributed by atoms with Crippen molar-refractivity contribution >= 4 is 21.6 Å². The Morgan fingerprint density at radius 3 is 2.29 bits per heavy atom. The Morgan fingerprint density at radius 2 is 1.71 bits per heavy atom. The molecule has 0 aromatic heterocycles. The average Bonchev–Trinajstić information content (AvgIpc) is 3.41. The lowest BCUT2D eigenvalue weighted by atomic mass is 9.95. The average molecular weight is 445 g/mol. The highest BCUT2D eigenvalue weighted by Gasteiger charge is 2.40. The summed E-state index contributed by atoms with van der Waals surface area (Å²) in [6.07, 6.45) is 4.78. The van der Waals surface area contributed by atoms with Gasteiger partial charge in [0.05, 0.1) is 24.8 Å². The highest BCUT2D eigenvalue weighted by Crippen LogP contribution is 2.44. The summed E-state index contributed by atoms with van der Waals surface area (Å²) >= 11 is 0. The van der Waals surface area contributed by atoms with Crippen molar-refractivity contribution in [2.75, 3.05) is 25.6 Å². The van der Waals surface area contributed by atoms with Crippen LogP contribution in [0.5, 0.6) is 11.5 Å². The summed E-state index contributed by atoms with van der Waals surface area (Å²) in [5.41, 5.74) is 0.995. The van der Waals surface area contributed by atoms with Gasteiger partial charge < -0.3 is 14.8 Å². The molecule has 2 bridgehead atoms. The quantitative estimate of drug-likeness (QED) is 0.707. The summed E-state index contributed by atoms with van der Waals surface area (Å²) in [4.78, 5) is 12.7. The molecule has 3 atom stereocenters. The van der Waals surface area contributed by atoms with Crippen LogP contribution in [-0.2, 0) is 10.0 Å². The van der Waals surface area contributed by atoms with Gasteiger partial charge in [0.25, 0.3) is 15.9 Å². The van der Waals surface area contributed by atoms with Crippen LogP contribution in [0.4, 0.5) is 5.69 Å². The van der Waals surface area contributed by atoms with Crippen LogP contribution in [0.2, 0.25) is 0 Å². The normalized spacial score (nSPS) is 22.2. The summed E-state index contributed by atoms with van der Waals surface area (Å²) < 4.78 is 37.7. The second-order valence-electron chi connectivity index (χ2n) is 8.29. The third-order valence-electron chi connectivity index (χ3n) is 6.56. The van der Waals surface area contributed by atoms with Crippen molar-refractivity contribution in [3.8, 4) is 11.5 Å². The van der Waals surface area contributed by atoms with E-state index in [-0.39, 0.29) is 16.8 Å². The Labute approximate surface area is 183 Å². The summed E-state index contributed by atoms with van der Waals surface area (Å²) in [6.45, 7) is 0. The third kappa shape index (κ3) is 4.08. The van der Waals surface area contributed by atoms with Crippen LogP contribution in [0, 0.1) is 11.8 Å². The number of rotatable bonds is 7. The molecule has 0 heterocycles. The number of fused-ring (bicyclic) bond motifs is 2. The fourth-order valence-corrected chi connectivity index (χ4v) is 5.98. The maximum absolute atomic E-state index is 13.1. The minimum absolute atomic E-state index is 0.0887. The van der Waals surface area contributed by atoms with Crippen molar-refractivity contribution in [1.82, 2.24) is 5.32 Å². The molecule has 2 aromatic rings. The van der Waals surface area contributed by atoms with Crippen LogP contribution in [-0.4, -0.2) is 41.6 Å². The van der Waals surface area contributed by atoms with Gasteiger partial charge in [-0.05, 0) is 67.5 Å². The number of amides is 1. The lowest BCUT2D eigenvalue weighted by molar-refractivity contribution is 0.0923. The van der Waals surface area contributed by atoms with Crippen LogP contribution in [0.1, 0.15) is 36.0 Å². The SMILES string of the molecule is COc1ccc(S(=O)(=O)N(C)c2ccc(C(=O)NC3CC4CCC3C4)cc2)cc1OC. The smallest absolute Gasteiger partial charge is 0.264 e. The molecule has 0 radical (unpaired) electrons. The van der Waals surface area contributed by atoms with Gasteiger partial charge in [0.2, 0.25) is 0 Å². The number of benzene rings is 2. The number of anilines is 1. The molecule has 3 unspecified atom stereocenters. The van der Waals surface area contributed by atoms with Gasteiger partial charge >= 0.3 is 0 Å². The molecule has 166 valence electrons. The standard InChI is InChI=1S/C23H28N2O5S/c1-25(31(27,28)19-10-11-21(29-2)22(14-19)30-3)18-8-6-16(7-9-18)23(26)24-20-13-15-4-5-17(20)12-15/h6-11,14-15,17,20H,4-5,12-13H2,1-3H3,(H,24,26). The molecule has 8 heteroatoms. The first kappa shape index (κ1) is 21.5. The van der Waals surface area contributed by atoms with E-state index in [4.69, 9.17) is 9.47 Å².